The molecule has 3 rings (SSSR count). The third-order valence-electron chi connectivity index (χ3n) is 4.67. The van der Waals surface area contributed by atoms with Gasteiger partial charge in [-0.2, -0.15) is 26.3 Å². The topological polar surface area (TPSA) is 30.5 Å². The molecule has 2 unspecified atom stereocenters. The van der Waals surface area contributed by atoms with Crippen molar-refractivity contribution in [3.8, 4) is 0 Å². The molecule has 1 aliphatic rings. The second-order valence-electron chi connectivity index (χ2n) is 6.84. The van der Waals surface area contributed by atoms with Crippen LogP contribution in [0, 0.1) is 5.82 Å². The summed E-state index contributed by atoms with van der Waals surface area (Å²) in [7, 11) is 0. The van der Waals surface area contributed by atoms with Crippen molar-refractivity contribution in [2.45, 2.75) is 37.7 Å². The SMILES string of the molecule is C[C@@H](OC1OCCNC1c1ccc(F)cc1)c1cc(C(F)(F)F)cc(C(F)(F)F)c1. The minimum atomic E-state index is -4.95. The molecule has 0 amide bonds. The average Bonchev–Trinajstić information content (AvgIpc) is 2.67. The van der Waals surface area contributed by atoms with Gasteiger partial charge in [0.05, 0.1) is 29.9 Å². The van der Waals surface area contributed by atoms with Gasteiger partial charge in [-0.25, -0.2) is 4.39 Å². The van der Waals surface area contributed by atoms with Crippen LogP contribution in [-0.4, -0.2) is 19.4 Å². The third-order valence-corrected chi connectivity index (χ3v) is 4.67. The van der Waals surface area contributed by atoms with E-state index in [1.54, 1.807) is 0 Å². The van der Waals surface area contributed by atoms with Crippen LogP contribution in [0.4, 0.5) is 30.7 Å². The predicted octanol–water partition coefficient (Wildman–Crippen LogP) is 5.63. The Hall–Kier alpha value is -2.17. The molecule has 1 aliphatic heterocycles. The van der Waals surface area contributed by atoms with E-state index in [4.69, 9.17) is 9.47 Å². The van der Waals surface area contributed by atoms with Crippen molar-refractivity contribution in [1.82, 2.24) is 5.32 Å². The first-order valence-corrected chi connectivity index (χ1v) is 9.00. The zero-order chi connectivity index (χ0) is 22.1. The van der Waals surface area contributed by atoms with Crippen LogP contribution in [0.25, 0.3) is 0 Å². The third kappa shape index (κ3) is 5.30. The Morgan fingerprint density at radius 3 is 2.07 bits per heavy atom. The van der Waals surface area contributed by atoms with Gasteiger partial charge in [-0.05, 0) is 48.4 Å². The Morgan fingerprint density at radius 2 is 1.53 bits per heavy atom. The monoisotopic (exact) mass is 437 g/mol. The van der Waals surface area contributed by atoms with Crippen molar-refractivity contribution in [2.24, 2.45) is 0 Å². The highest BCUT2D eigenvalue weighted by molar-refractivity contribution is 5.34. The van der Waals surface area contributed by atoms with E-state index in [-0.39, 0.29) is 18.2 Å². The lowest BCUT2D eigenvalue weighted by atomic mass is 10.0. The summed E-state index contributed by atoms with van der Waals surface area (Å²) < 4.78 is 103. The zero-order valence-corrected chi connectivity index (χ0v) is 15.6. The van der Waals surface area contributed by atoms with Crippen LogP contribution in [0.5, 0.6) is 0 Å². The first-order valence-electron chi connectivity index (χ1n) is 9.00. The van der Waals surface area contributed by atoms with Gasteiger partial charge in [0, 0.05) is 6.54 Å². The highest BCUT2D eigenvalue weighted by atomic mass is 19.4. The minimum absolute atomic E-state index is 0.0657. The second kappa shape index (κ2) is 8.52. The van der Waals surface area contributed by atoms with E-state index in [9.17, 15) is 30.7 Å². The lowest BCUT2D eigenvalue weighted by Gasteiger charge is -2.34. The van der Waals surface area contributed by atoms with Crippen molar-refractivity contribution >= 4 is 0 Å². The number of halogens is 7. The normalized spacial score (nSPS) is 21.5. The van der Waals surface area contributed by atoms with Gasteiger partial charge in [-0.1, -0.05) is 12.1 Å². The van der Waals surface area contributed by atoms with E-state index in [0.717, 1.165) is 0 Å². The molecule has 0 aliphatic carbocycles. The number of alkyl halides is 6. The summed E-state index contributed by atoms with van der Waals surface area (Å²) >= 11 is 0. The molecule has 0 radical (unpaired) electrons. The largest absolute Gasteiger partial charge is 0.416 e. The number of hydrogen-bond donors (Lipinski definition) is 1. The fourth-order valence-corrected chi connectivity index (χ4v) is 3.14. The van der Waals surface area contributed by atoms with Crippen molar-refractivity contribution in [3.63, 3.8) is 0 Å². The van der Waals surface area contributed by atoms with Gasteiger partial charge < -0.3 is 14.8 Å². The van der Waals surface area contributed by atoms with E-state index in [0.29, 0.717) is 24.2 Å². The number of nitrogens with one attached hydrogen (secondary N) is 1. The molecule has 2 aromatic rings. The predicted molar refractivity (Wildman–Crippen MR) is 92.8 cm³/mol. The Labute approximate surface area is 167 Å². The first-order chi connectivity index (χ1) is 13.9. The molecule has 1 heterocycles. The van der Waals surface area contributed by atoms with Crippen LogP contribution in [-0.2, 0) is 21.8 Å². The lowest BCUT2D eigenvalue weighted by molar-refractivity contribution is -0.200. The molecule has 0 bridgehead atoms. The maximum Gasteiger partial charge on any atom is 0.416 e. The molecule has 1 fully saturated rings. The summed E-state index contributed by atoms with van der Waals surface area (Å²) in [5.74, 6) is -0.454. The number of rotatable bonds is 4. The van der Waals surface area contributed by atoms with Crippen LogP contribution < -0.4 is 5.32 Å². The first kappa shape index (κ1) is 22.5. The second-order valence-corrected chi connectivity index (χ2v) is 6.84. The molecule has 30 heavy (non-hydrogen) atoms. The molecule has 1 saturated heterocycles. The molecule has 164 valence electrons. The zero-order valence-electron chi connectivity index (χ0n) is 15.6. The molecular formula is C20H18F7NO2. The van der Waals surface area contributed by atoms with Crippen LogP contribution in [0.1, 0.15) is 41.3 Å². The Kier molecular flexibility index (Phi) is 6.40. The molecule has 0 saturated carbocycles. The van der Waals surface area contributed by atoms with Gasteiger partial charge in [-0.15, -0.1) is 0 Å². The van der Waals surface area contributed by atoms with E-state index >= 15 is 0 Å². The summed E-state index contributed by atoms with van der Waals surface area (Å²) in [6.45, 7) is 2.01. The van der Waals surface area contributed by atoms with E-state index < -0.39 is 47.7 Å². The summed E-state index contributed by atoms with van der Waals surface area (Å²) in [6.07, 6.45) is -12.0. The average molecular weight is 437 g/mol. The molecule has 10 heteroatoms. The van der Waals surface area contributed by atoms with Gasteiger partial charge in [0.25, 0.3) is 0 Å². The molecular weight excluding hydrogens is 419 g/mol. The smallest absolute Gasteiger partial charge is 0.349 e. The molecule has 3 atom stereocenters. The molecule has 0 aromatic heterocycles. The maximum atomic E-state index is 13.2. The summed E-state index contributed by atoms with van der Waals surface area (Å²) in [4.78, 5) is 0. The lowest BCUT2D eigenvalue weighted by Crippen LogP contribution is -2.43. The Balaban J connectivity index is 1.88. The van der Waals surface area contributed by atoms with Crippen LogP contribution in [0.15, 0.2) is 42.5 Å². The fraction of sp³-hybridized carbons (Fsp3) is 0.400. The number of ether oxygens (including phenoxy) is 2. The van der Waals surface area contributed by atoms with E-state index in [1.165, 1.54) is 31.2 Å². The highest BCUT2D eigenvalue weighted by Crippen LogP contribution is 2.38. The summed E-state index contributed by atoms with van der Waals surface area (Å²) in [6, 6.07) is 6.20. The maximum absolute atomic E-state index is 13.2. The number of benzene rings is 2. The van der Waals surface area contributed by atoms with E-state index in [1.807, 2.05) is 0 Å². The van der Waals surface area contributed by atoms with Crippen LogP contribution >= 0.6 is 0 Å². The van der Waals surface area contributed by atoms with Crippen LogP contribution in [0.2, 0.25) is 0 Å². The molecule has 1 N–H and O–H groups in total. The minimum Gasteiger partial charge on any atom is -0.349 e. The molecule has 2 aromatic carbocycles. The van der Waals surface area contributed by atoms with Crippen molar-refractivity contribution in [3.05, 3.63) is 70.5 Å². The molecule has 0 spiro atoms. The van der Waals surface area contributed by atoms with Gasteiger partial charge >= 0.3 is 12.4 Å². The Morgan fingerprint density at radius 1 is 0.967 bits per heavy atom. The van der Waals surface area contributed by atoms with Crippen LogP contribution in [0.3, 0.4) is 0 Å². The highest BCUT2D eigenvalue weighted by Gasteiger charge is 2.38. The van der Waals surface area contributed by atoms with Gasteiger partial charge in [0.15, 0.2) is 6.29 Å². The number of hydrogen-bond acceptors (Lipinski definition) is 3. The number of morpholine rings is 1. The van der Waals surface area contributed by atoms with Crippen molar-refractivity contribution in [2.75, 3.05) is 13.2 Å². The van der Waals surface area contributed by atoms with Crippen molar-refractivity contribution in [1.29, 1.82) is 0 Å². The summed E-state index contributed by atoms with van der Waals surface area (Å²) in [5, 5.41) is 3.10. The summed E-state index contributed by atoms with van der Waals surface area (Å²) in [5.41, 5.74) is -2.52. The van der Waals surface area contributed by atoms with Crippen molar-refractivity contribution < 1.29 is 40.2 Å². The van der Waals surface area contributed by atoms with Gasteiger partial charge in [0.2, 0.25) is 0 Å². The molecule has 3 nitrogen and oxygen atoms in total. The fourth-order valence-electron chi connectivity index (χ4n) is 3.14. The van der Waals surface area contributed by atoms with Gasteiger partial charge in [0.1, 0.15) is 5.82 Å². The van der Waals surface area contributed by atoms with Gasteiger partial charge in [-0.3, -0.25) is 0 Å². The van der Waals surface area contributed by atoms with E-state index in [2.05, 4.69) is 5.32 Å². The Bertz CT molecular complexity index is 833. The quantitative estimate of drug-likeness (QED) is 0.630. The standard InChI is InChI=1S/C20H18F7NO2/c1-11(13-8-14(19(22,23)24)10-15(9-13)20(25,26)27)30-18-17(28-6-7-29-18)12-2-4-16(21)5-3-12/h2-5,8-11,17-18,28H,6-7H2,1H3/t11-,17?,18?/m1/s1.